The zero-order chi connectivity index (χ0) is 19.8. The third-order valence-corrected chi connectivity index (χ3v) is 6.14. The molecule has 0 saturated carbocycles. The van der Waals surface area contributed by atoms with Gasteiger partial charge in [-0.25, -0.2) is 9.78 Å². The van der Waals surface area contributed by atoms with Gasteiger partial charge in [0.05, 0.1) is 18.3 Å². The Balaban J connectivity index is 0.00000392. The Kier molecular flexibility index (Phi) is 11.3. The average molecular weight is 523 g/mol. The fourth-order valence-corrected chi connectivity index (χ4v) is 4.03. The van der Waals surface area contributed by atoms with Crippen molar-refractivity contribution in [1.82, 2.24) is 20.5 Å². The zero-order valence-electron chi connectivity index (χ0n) is 17.6. The van der Waals surface area contributed by atoms with E-state index in [1.807, 2.05) is 13.8 Å². The molecule has 28 heavy (non-hydrogen) atoms. The van der Waals surface area contributed by atoms with E-state index in [1.165, 1.54) is 37.3 Å². The van der Waals surface area contributed by atoms with Crippen molar-refractivity contribution in [2.45, 2.75) is 46.6 Å². The van der Waals surface area contributed by atoms with Crippen molar-refractivity contribution < 1.29 is 9.53 Å². The molecule has 9 heteroatoms. The molecule has 0 amide bonds. The molecule has 0 spiro atoms. The lowest BCUT2D eigenvalue weighted by Gasteiger charge is -2.30. The van der Waals surface area contributed by atoms with Gasteiger partial charge >= 0.3 is 5.97 Å². The monoisotopic (exact) mass is 523 g/mol. The fourth-order valence-electron chi connectivity index (χ4n) is 3.07. The van der Waals surface area contributed by atoms with Gasteiger partial charge in [-0.15, -0.1) is 35.3 Å². The van der Waals surface area contributed by atoms with Gasteiger partial charge in [0.15, 0.2) is 5.96 Å². The summed E-state index contributed by atoms with van der Waals surface area (Å²) in [5.41, 5.74) is 0.712. The number of aromatic nitrogens is 1. The van der Waals surface area contributed by atoms with Crippen LogP contribution in [0.2, 0.25) is 0 Å². The number of thiazole rings is 1. The number of nitrogens with one attached hydrogen (secondary N) is 2. The topological polar surface area (TPSA) is 78.8 Å². The Morgan fingerprint density at radius 1 is 1.43 bits per heavy atom. The van der Waals surface area contributed by atoms with Crippen LogP contribution >= 0.6 is 35.3 Å². The normalized spacial score (nSPS) is 17.0. The second kappa shape index (κ2) is 12.6. The molecule has 1 saturated heterocycles. The summed E-state index contributed by atoms with van der Waals surface area (Å²) in [4.78, 5) is 23.9. The Labute approximate surface area is 189 Å². The van der Waals surface area contributed by atoms with E-state index in [-0.39, 0.29) is 36.0 Å². The molecule has 2 heterocycles. The van der Waals surface area contributed by atoms with Crippen molar-refractivity contribution in [3.8, 4) is 0 Å². The summed E-state index contributed by atoms with van der Waals surface area (Å²) < 4.78 is 5.09. The van der Waals surface area contributed by atoms with Gasteiger partial charge in [0.1, 0.15) is 9.88 Å². The molecule has 1 aliphatic rings. The summed E-state index contributed by atoms with van der Waals surface area (Å²) in [6.07, 6.45) is 2.58. The molecular weight excluding hydrogens is 489 g/mol. The van der Waals surface area contributed by atoms with E-state index in [1.54, 1.807) is 14.0 Å². The summed E-state index contributed by atoms with van der Waals surface area (Å²) >= 11 is 1.38. The van der Waals surface area contributed by atoms with E-state index in [2.05, 4.69) is 32.4 Å². The number of aliphatic imine (C=N–C) groups is 1. The second-order valence-corrected chi connectivity index (χ2v) is 8.11. The molecule has 1 fully saturated rings. The van der Waals surface area contributed by atoms with E-state index in [9.17, 15) is 4.79 Å². The average Bonchev–Trinajstić information content (AvgIpc) is 3.04. The van der Waals surface area contributed by atoms with Crippen molar-refractivity contribution >= 4 is 47.2 Å². The minimum Gasteiger partial charge on any atom is -0.462 e. The predicted molar refractivity (Wildman–Crippen MR) is 126 cm³/mol. The zero-order valence-corrected chi connectivity index (χ0v) is 20.7. The van der Waals surface area contributed by atoms with Crippen molar-refractivity contribution in [2.24, 2.45) is 10.9 Å². The highest BCUT2D eigenvalue weighted by Gasteiger charge is 2.20. The largest absolute Gasteiger partial charge is 0.462 e. The van der Waals surface area contributed by atoms with Crippen LogP contribution in [0, 0.1) is 12.8 Å². The van der Waals surface area contributed by atoms with E-state index in [4.69, 9.17) is 4.74 Å². The number of likely N-dealkylation sites (tertiary alicyclic amines) is 1. The number of hydrogen-bond donors (Lipinski definition) is 2. The summed E-state index contributed by atoms with van der Waals surface area (Å²) in [6, 6.07) is -0.0427. The van der Waals surface area contributed by atoms with Crippen LogP contribution in [0.15, 0.2) is 4.99 Å². The van der Waals surface area contributed by atoms with Crippen LogP contribution in [-0.4, -0.2) is 61.6 Å². The fraction of sp³-hybridized carbons (Fsp3) is 0.737. The van der Waals surface area contributed by atoms with E-state index >= 15 is 0 Å². The van der Waals surface area contributed by atoms with Crippen LogP contribution < -0.4 is 10.6 Å². The van der Waals surface area contributed by atoms with Gasteiger partial charge < -0.3 is 20.3 Å². The van der Waals surface area contributed by atoms with Gasteiger partial charge in [-0.1, -0.05) is 6.92 Å². The highest BCUT2D eigenvalue weighted by atomic mass is 127. The quantitative estimate of drug-likeness (QED) is 0.248. The van der Waals surface area contributed by atoms with Crippen LogP contribution in [0.25, 0.3) is 0 Å². The van der Waals surface area contributed by atoms with Crippen LogP contribution in [0.5, 0.6) is 0 Å². The first-order valence-electron chi connectivity index (χ1n) is 9.78. The first kappa shape index (κ1) is 25.1. The molecule has 1 unspecified atom stereocenters. The van der Waals surface area contributed by atoms with Gasteiger partial charge in [-0.05, 0) is 52.6 Å². The number of rotatable bonds is 7. The molecule has 7 nitrogen and oxygen atoms in total. The van der Waals surface area contributed by atoms with Crippen LogP contribution in [0.3, 0.4) is 0 Å². The number of ether oxygens (including phenoxy) is 1. The number of aryl methyl sites for hydroxylation is 1. The number of nitrogens with zero attached hydrogens (tertiary/aromatic N) is 3. The maximum absolute atomic E-state index is 12.0. The van der Waals surface area contributed by atoms with Gasteiger partial charge in [0.2, 0.25) is 0 Å². The molecule has 0 bridgehead atoms. The van der Waals surface area contributed by atoms with Gasteiger partial charge in [-0.2, -0.15) is 0 Å². The number of carbonyl (C=O) groups is 1. The van der Waals surface area contributed by atoms with Crippen molar-refractivity contribution in [3.63, 3.8) is 0 Å². The second-order valence-electron chi connectivity index (χ2n) is 7.08. The lowest BCUT2D eigenvalue weighted by atomic mass is 9.99. The summed E-state index contributed by atoms with van der Waals surface area (Å²) in [6.45, 7) is 12.6. The van der Waals surface area contributed by atoms with Gasteiger partial charge in [0, 0.05) is 20.1 Å². The van der Waals surface area contributed by atoms with Crippen molar-refractivity contribution in [3.05, 3.63) is 15.6 Å². The summed E-state index contributed by atoms with van der Waals surface area (Å²) in [5.74, 6) is 1.30. The van der Waals surface area contributed by atoms with E-state index < -0.39 is 0 Å². The Hall–Kier alpha value is -0.940. The molecule has 1 aliphatic heterocycles. The van der Waals surface area contributed by atoms with E-state index in [0.717, 1.165) is 30.0 Å². The molecule has 1 aromatic rings. The molecule has 1 atom stereocenters. The van der Waals surface area contributed by atoms with Gasteiger partial charge in [-0.3, -0.25) is 4.99 Å². The SMILES string of the molecule is CCOC(=O)c1sc(C(C)NC(=NC)NCCN2CCC(C)CC2)nc1C.I. The molecule has 2 rings (SSSR count). The number of guanidine groups is 1. The first-order valence-corrected chi connectivity index (χ1v) is 10.6. The van der Waals surface area contributed by atoms with Crippen LogP contribution in [-0.2, 0) is 4.74 Å². The summed E-state index contributed by atoms with van der Waals surface area (Å²) in [7, 11) is 1.77. The molecule has 1 aromatic heterocycles. The molecule has 160 valence electrons. The number of hydrogen-bond acceptors (Lipinski definition) is 6. The summed E-state index contributed by atoms with van der Waals surface area (Å²) in [5, 5.41) is 7.58. The molecule has 0 radical (unpaired) electrons. The molecular formula is C19H34IN5O2S. The van der Waals surface area contributed by atoms with Crippen LogP contribution in [0.1, 0.15) is 60.0 Å². The lowest BCUT2D eigenvalue weighted by molar-refractivity contribution is 0.0531. The van der Waals surface area contributed by atoms with Crippen LogP contribution in [0.4, 0.5) is 0 Å². The highest BCUT2D eigenvalue weighted by Crippen LogP contribution is 2.24. The molecule has 2 N–H and O–H groups in total. The minimum atomic E-state index is -0.302. The molecule has 0 aromatic carbocycles. The minimum absolute atomic E-state index is 0. The van der Waals surface area contributed by atoms with Crippen molar-refractivity contribution in [1.29, 1.82) is 0 Å². The predicted octanol–water partition coefficient (Wildman–Crippen LogP) is 3.20. The van der Waals surface area contributed by atoms with E-state index in [0.29, 0.717) is 17.2 Å². The maximum atomic E-state index is 12.0. The standard InChI is InChI=1S/C19H33N5O2S.HI/c1-6-26-18(25)16-14(3)22-17(27-16)15(4)23-19(20-5)21-9-12-24-10-7-13(2)8-11-24;/h13,15H,6-12H2,1-5H3,(H2,20,21,23);1H. The van der Waals surface area contributed by atoms with Crippen molar-refractivity contribution in [2.75, 3.05) is 39.8 Å². The number of carbonyl (C=O) groups excluding carboxylic acids is 1. The lowest BCUT2D eigenvalue weighted by Crippen LogP contribution is -2.43. The Bertz CT molecular complexity index is 644. The Morgan fingerprint density at radius 3 is 2.71 bits per heavy atom. The third kappa shape index (κ3) is 7.47. The number of piperidine rings is 1. The first-order chi connectivity index (χ1) is 12.9. The smallest absolute Gasteiger partial charge is 0.350 e. The number of esters is 1. The molecule has 0 aliphatic carbocycles. The Morgan fingerprint density at radius 2 is 2.11 bits per heavy atom. The third-order valence-electron chi connectivity index (χ3n) is 4.82. The van der Waals surface area contributed by atoms with Gasteiger partial charge in [0.25, 0.3) is 0 Å². The highest BCUT2D eigenvalue weighted by molar-refractivity contribution is 14.0. The number of halogens is 1. The maximum Gasteiger partial charge on any atom is 0.350 e.